The number of amides is 1. The summed E-state index contributed by atoms with van der Waals surface area (Å²) in [4.78, 5) is 24.7. The van der Waals surface area contributed by atoms with Gasteiger partial charge in [0.25, 0.3) is 5.91 Å². The molecule has 5 nitrogen and oxygen atoms in total. The second-order valence-corrected chi connectivity index (χ2v) is 7.01. The van der Waals surface area contributed by atoms with Gasteiger partial charge in [-0.05, 0) is 57.2 Å². The fraction of sp³-hybridized carbons (Fsp3) is 0.263. The molecular formula is C19H18Cl2FNO4. The first kappa shape index (κ1) is 21.0. The summed E-state index contributed by atoms with van der Waals surface area (Å²) >= 11 is 12.0. The maximum atomic E-state index is 13.0. The number of esters is 1. The molecule has 1 amide bonds. The number of halogens is 3. The van der Waals surface area contributed by atoms with E-state index >= 15 is 0 Å². The predicted octanol–water partition coefficient (Wildman–Crippen LogP) is 4.86. The number of para-hydroxylation sites is 1. The average Bonchev–Trinajstić information content (AvgIpc) is 2.59. The van der Waals surface area contributed by atoms with Crippen molar-refractivity contribution in [1.29, 1.82) is 0 Å². The van der Waals surface area contributed by atoms with E-state index in [1.165, 1.54) is 45.0 Å². The first-order valence-electron chi connectivity index (χ1n) is 8.00. The molecule has 2 aromatic carbocycles. The molecule has 0 spiro atoms. The fourth-order valence-electron chi connectivity index (χ4n) is 2.04. The SMILES string of the molecule is C[C@@H](OC(=O)C(C)(C)Oc1ccc(F)cc1)C(=O)Nc1c(Cl)cccc1Cl. The zero-order chi connectivity index (χ0) is 20.2. The minimum Gasteiger partial charge on any atom is -0.476 e. The molecule has 1 N–H and O–H groups in total. The number of ether oxygens (including phenoxy) is 2. The number of nitrogens with one attached hydrogen (secondary N) is 1. The van der Waals surface area contributed by atoms with Crippen LogP contribution in [0.1, 0.15) is 20.8 Å². The molecule has 0 aliphatic heterocycles. The van der Waals surface area contributed by atoms with Crippen LogP contribution < -0.4 is 10.1 Å². The second-order valence-electron chi connectivity index (χ2n) is 6.20. The van der Waals surface area contributed by atoms with Crippen molar-refractivity contribution >= 4 is 40.8 Å². The summed E-state index contributed by atoms with van der Waals surface area (Å²) in [7, 11) is 0. The van der Waals surface area contributed by atoms with E-state index in [2.05, 4.69) is 5.32 Å². The van der Waals surface area contributed by atoms with Crippen molar-refractivity contribution in [2.45, 2.75) is 32.5 Å². The van der Waals surface area contributed by atoms with Gasteiger partial charge in [-0.1, -0.05) is 29.3 Å². The molecule has 0 bridgehead atoms. The number of carbonyl (C=O) groups is 2. The highest BCUT2D eigenvalue weighted by atomic mass is 35.5. The molecule has 2 aromatic rings. The van der Waals surface area contributed by atoms with Crippen LogP contribution in [0.2, 0.25) is 10.0 Å². The molecule has 0 heterocycles. The first-order valence-corrected chi connectivity index (χ1v) is 8.76. The molecular weight excluding hydrogens is 396 g/mol. The molecule has 0 saturated heterocycles. The number of anilines is 1. The molecule has 0 saturated carbocycles. The zero-order valence-electron chi connectivity index (χ0n) is 14.9. The molecule has 27 heavy (non-hydrogen) atoms. The standard InChI is InChI=1S/C19H18Cl2FNO4/c1-11(17(24)23-16-14(20)5-4-6-15(16)21)26-18(25)19(2,3)27-13-9-7-12(22)8-10-13/h4-11H,1-3H3,(H,23,24)/t11-/m1/s1. The molecule has 0 aliphatic carbocycles. The molecule has 0 radical (unpaired) electrons. The molecule has 1 atom stereocenters. The molecule has 144 valence electrons. The number of carbonyl (C=O) groups excluding carboxylic acids is 2. The monoisotopic (exact) mass is 413 g/mol. The van der Waals surface area contributed by atoms with Gasteiger partial charge in [-0.25, -0.2) is 9.18 Å². The van der Waals surface area contributed by atoms with Crippen LogP contribution in [0, 0.1) is 5.82 Å². The Morgan fingerprint density at radius 3 is 2.19 bits per heavy atom. The molecule has 8 heteroatoms. The van der Waals surface area contributed by atoms with E-state index in [-0.39, 0.29) is 15.7 Å². The summed E-state index contributed by atoms with van der Waals surface area (Å²) in [6.07, 6.45) is -1.12. The van der Waals surface area contributed by atoms with Crippen molar-refractivity contribution in [3.63, 3.8) is 0 Å². The Kier molecular flexibility index (Phi) is 6.68. The molecule has 0 aliphatic rings. The number of benzene rings is 2. The van der Waals surface area contributed by atoms with Crippen LogP contribution in [0.3, 0.4) is 0 Å². The summed E-state index contributed by atoms with van der Waals surface area (Å²) < 4.78 is 23.7. The van der Waals surface area contributed by atoms with Crippen LogP contribution in [-0.4, -0.2) is 23.6 Å². The third-order valence-corrected chi connectivity index (χ3v) is 4.17. The quantitative estimate of drug-likeness (QED) is 0.686. The van der Waals surface area contributed by atoms with Crippen molar-refractivity contribution in [2.24, 2.45) is 0 Å². The van der Waals surface area contributed by atoms with E-state index in [1.54, 1.807) is 18.2 Å². The van der Waals surface area contributed by atoms with Gasteiger partial charge in [-0.15, -0.1) is 0 Å². The Hall–Kier alpha value is -2.31. The highest BCUT2D eigenvalue weighted by Crippen LogP contribution is 2.30. The van der Waals surface area contributed by atoms with E-state index in [1.807, 2.05) is 0 Å². The van der Waals surface area contributed by atoms with Crippen molar-refractivity contribution in [3.05, 3.63) is 58.3 Å². The molecule has 0 aromatic heterocycles. The Morgan fingerprint density at radius 1 is 1.07 bits per heavy atom. The van der Waals surface area contributed by atoms with Crippen molar-refractivity contribution in [3.8, 4) is 5.75 Å². The fourth-order valence-corrected chi connectivity index (χ4v) is 2.53. The summed E-state index contributed by atoms with van der Waals surface area (Å²) in [5, 5.41) is 3.05. The van der Waals surface area contributed by atoms with Crippen molar-refractivity contribution < 1.29 is 23.5 Å². The van der Waals surface area contributed by atoms with Gasteiger partial charge in [0.1, 0.15) is 11.6 Å². The van der Waals surface area contributed by atoms with Crippen LogP contribution in [0.5, 0.6) is 5.75 Å². The highest BCUT2D eigenvalue weighted by molar-refractivity contribution is 6.39. The lowest BCUT2D eigenvalue weighted by molar-refractivity contribution is -0.166. The van der Waals surface area contributed by atoms with Crippen LogP contribution >= 0.6 is 23.2 Å². The van der Waals surface area contributed by atoms with E-state index in [0.717, 1.165) is 0 Å². The maximum absolute atomic E-state index is 13.0. The van der Waals surface area contributed by atoms with Gasteiger partial charge >= 0.3 is 5.97 Å². The second kappa shape index (κ2) is 8.59. The van der Waals surface area contributed by atoms with Gasteiger partial charge in [-0.3, -0.25) is 4.79 Å². The lowest BCUT2D eigenvalue weighted by Gasteiger charge is -2.26. The highest BCUT2D eigenvalue weighted by Gasteiger charge is 2.34. The molecule has 2 rings (SSSR count). The number of hydrogen-bond acceptors (Lipinski definition) is 4. The Morgan fingerprint density at radius 2 is 1.63 bits per heavy atom. The third kappa shape index (κ3) is 5.58. The normalized spacial score (nSPS) is 12.2. The van der Waals surface area contributed by atoms with Gasteiger partial charge < -0.3 is 14.8 Å². The van der Waals surface area contributed by atoms with Gasteiger partial charge in [0.15, 0.2) is 11.7 Å². The Bertz CT molecular complexity index is 820. The van der Waals surface area contributed by atoms with E-state index in [0.29, 0.717) is 5.75 Å². The first-order chi connectivity index (χ1) is 12.6. The number of hydrogen-bond donors (Lipinski definition) is 1. The van der Waals surface area contributed by atoms with Crippen LogP contribution in [0.25, 0.3) is 0 Å². The topological polar surface area (TPSA) is 64.6 Å². The predicted molar refractivity (Wildman–Crippen MR) is 102 cm³/mol. The summed E-state index contributed by atoms with van der Waals surface area (Å²) in [5.74, 6) is -1.50. The molecule has 0 unspecified atom stereocenters. The van der Waals surface area contributed by atoms with Gasteiger partial charge in [0.05, 0.1) is 15.7 Å². The van der Waals surface area contributed by atoms with Crippen LogP contribution in [0.4, 0.5) is 10.1 Å². The number of rotatable bonds is 6. The Balaban J connectivity index is 2.00. The summed E-state index contributed by atoms with van der Waals surface area (Å²) in [5.41, 5.74) is -1.16. The van der Waals surface area contributed by atoms with Gasteiger partial charge in [0, 0.05) is 0 Å². The maximum Gasteiger partial charge on any atom is 0.350 e. The summed E-state index contributed by atoms with van der Waals surface area (Å²) in [6, 6.07) is 9.97. The lowest BCUT2D eigenvalue weighted by atomic mass is 10.1. The average molecular weight is 414 g/mol. The minimum absolute atomic E-state index is 0.232. The van der Waals surface area contributed by atoms with Crippen LogP contribution in [0.15, 0.2) is 42.5 Å². The van der Waals surface area contributed by atoms with Crippen LogP contribution in [-0.2, 0) is 14.3 Å². The van der Waals surface area contributed by atoms with Crippen molar-refractivity contribution in [2.75, 3.05) is 5.32 Å². The van der Waals surface area contributed by atoms with E-state index in [4.69, 9.17) is 32.7 Å². The minimum atomic E-state index is -1.39. The lowest BCUT2D eigenvalue weighted by Crippen LogP contribution is -2.43. The van der Waals surface area contributed by atoms with Gasteiger partial charge in [-0.2, -0.15) is 0 Å². The molecule has 0 fully saturated rings. The van der Waals surface area contributed by atoms with E-state index in [9.17, 15) is 14.0 Å². The van der Waals surface area contributed by atoms with Crippen molar-refractivity contribution in [1.82, 2.24) is 0 Å². The smallest absolute Gasteiger partial charge is 0.350 e. The van der Waals surface area contributed by atoms with E-state index < -0.39 is 29.4 Å². The van der Waals surface area contributed by atoms with Gasteiger partial charge in [0.2, 0.25) is 0 Å². The largest absolute Gasteiger partial charge is 0.476 e. The Labute approximate surface area is 166 Å². The third-order valence-electron chi connectivity index (χ3n) is 3.54. The summed E-state index contributed by atoms with van der Waals surface area (Å²) in [6.45, 7) is 4.37. The zero-order valence-corrected chi connectivity index (χ0v) is 16.4.